The highest BCUT2D eigenvalue weighted by molar-refractivity contribution is 5.32. The lowest BCUT2D eigenvalue weighted by atomic mass is 9.93. The normalized spacial score (nSPS) is 21.4. The van der Waals surface area contributed by atoms with E-state index in [-0.39, 0.29) is 6.10 Å². The summed E-state index contributed by atoms with van der Waals surface area (Å²) in [5.74, 6) is 2.06. The Kier molecular flexibility index (Phi) is 5.68. The van der Waals surface area contributed by atoms with Crippen LogP contribution in [0.3, 0.4) is 0 Å². The first-order chi connectivity index (χ1) is 9.69. The van der Waals surface area contributed by atoms with Gasteiger partial charge in [0.25, 0.3) is 0 Å². The molecule has 0 aromatic heterocycles. The average molecular weight is 279 g/mol. The first-order valence-corrected chi connectivity index (χ1v) is 7.36. The summed E-state index contributed by atoms with van der Waals surface area (Å²) >= 11 is 0. The molecule has 1 aliphatic rings. The summed E-state index contributed by atoms with van der Waals surface area (Å²) in [5, 5.41) is 9.68. The molecule has 4 nitrogen and oxygen atoms in total. The van der Waals surface area contributed by atoms with Crippen molar-refractivity contribution in [3.05, 3.63) is 24.3 Å². The van der Waals surface area contributed by atoms with Gasteiger partial charge in [0.05, 0.1) is 13.2 Å². The van der Waals surface area contributed by atoms with Crippen LogP contribution in [-0.4, -0.2) is 49.5 Å². The van der Waals surface area contributed by atoms with Gasteiger partial charge in [-0.1, -0.05) is 6.07 Å². The van der Waals surface area contributed by atoms with E-state index in [1.54, 1.807) is 7.11 Å². The SMILES string of the molecule is COc1cccc(OCCN2CCCC(C(C)O)C2)c1. The molecule has 4 heteroatoms. The molecule has 0 aliphatic carbocycles. The van der Waals surface area contributed by atoms with Crippen molar-refractivity contribution in [1.29, 1.82) is 0 Å². The largest absolute Gasteiger partial charge is 0.497 e. The summed E-state index contributed by atoms with van der Waals surface area (Å²) < 4.78 is 10.9. The van der Waals surface area contributed by atoms with Gasteiger partial charge in [-0.2, -0.15) is 0 Å². The number of benzene rings is 1. The second-order valence-corrected chi connectivity index (χ2v) is 5.47. The molecule has 0 bridgehead atoms. The van der Waals surface area contributed by atoms with E-state index in [1.807, 2.05) is 31.2 Å². The van der Waals surface area contributed by atoms with E-state index < -0.39 is 0 Å². The van der Waals surface area contributed by atoms with E-state index >= 15 is 0 Å². The van der Waals surface area contributed by atoms with Crippen molar-refractivity contribution >= 4 is 0 Å². The number of likely N-dealkylation sites (tertiary alicyclic amines) is 1. The third kappa shape index (κ3) is 4.39. The van der Waals surface area contributed by atoms with Gasteiger partial charge in [-0.3, -0.25) is 4.90 Å². The minimum Gasteiger partial charge on any atom is -0.497 e. The fourth-order valence-corrected chi connectivity index (χ4v) is 2.67. The molecule has 1 heterocycles. The van der Waals surface area contributed by atoms with E-state index in [0.29, 0.717) is 12.5 Å². The second-order valence-electron chi connectivity index (χ2n) is 5.47. The standard InChI is InChI=1S/C16H25NO3/c1-13(18)14-5-4-8-17(12-14)9-10-20-16-7-3-6-15(11-16)19-2/h3,6-7,11,13-14,18H,4-5,8-10,12H2,1-2H3. The smallest absolute Gasteiger partial charge is 0.123 e. The van der Waals surface area contributed by atoms with E-state index in [4.69, 9.17) is 9.47 Å². The highest BCUT2D eigenvalue weighted by atomic mass is 16.5. The van der Waals surface area contributed by atoms with Gasteiger partial charge in [-0.25, -0.2) is 0 Å². The molecule has 1 saturated heterocycles. The lowest BCUT2D eigenvalue weighted by molar-refractivity contribution is 0.0573. The number of rotatable bonds is 6. The Bertz CT molecular complexity index is 408. The first kappa shape index (κ1) is 15.1. The number of aliphatic hydroxyl groups is 1. The Labute approximate surface area is 121 Å². The molecule has 1 fully saturated rings. The van der Waals surface area contributed by atoms with E-state index in [1.165, 1.54) is 0 Å². The van der Waals surface area contributed by atoms with Gasteiger partial charge in [0.15, 0.2) is 0 Å². The predicted octanol–water partition coefficient (Wildman–Crippen LogP) is 2.17. The third-order valence-electron chi connectivity index (χ3n) is 3.94. The number of piperidine rings is 1. The Hall–Kier alpha value is -1.26. The molecule has 0 spiro atoms. The van der Waals surface area contributed by atoms with Crippen molar-refractivity contribution in [2.45, 2.75) is 25.9 Å². The molecule has 0 radical (unpaired) electrons. The van der Waals surface area contributed by atoms with Crippen molar-refractivity contribution in [3.63, 3.8) is 0 Å². The van der Waals surface area contributed by atoms with Crippen LogP contribution in [0.5, 0.6) is 11.5 Å². The van der Waals surface area contributed by atoms with Crippen molar-refractivity contribution in [1.82, 2.24) is 4.90 Å². The summed E-state index contributed by atoms with van der Waals surface area (Å²) in [6.45, 7) is 5.53. The fourth-order valence-electron chi connectivity index (χ4n) is 2.67. The number of hydrogen-bond donors (Lipinski definition) is 1. The Morgan fingerprint density at radius 1 is 1.40 bits per heavy atom. The van der Waals surface area contributed by atoms with Crippen molar-refractivity contribution in [2.24, 2.45) is 5.92 Å². The number of aliphatic hydroxyl groups excluding tert-OH is 1. The topological polar surface area (TPSA) is 41.9 Å². The van der Waals surface area contributed by atoms with Crippen molar-refractivity contribution in [3.8, 4) is 11.5 Å². The quantitative estimate of drug-likeness (QED) is 0.866. The highest BCUT2D eigenvalue weighted by Crippen LogP contribution is 2.21. The lowest BCUT2D eigenvalue weighted by Crippen LogP contribution is -2.41. The fraction of sp³-hybridized carbons (Fsp3) is 0.625. The van der Waals surface area contributed by atoms with Gasteiger partial charge in [0.1, 0.15) is 18.1 Å². The van der Waals surface area contributed by atoms with E-state index in [2.05, 4.69) is 4.90 Å². The summed E-state index contributed by atoms with van der Waals surface area (Å²) in [5.41, 5.74) is 0. The summed E-state index contributed by atoms with van der Waals surface area (Å²) in [6.07, 6.45) is 2.08. The van der Waals surface area contributed by atoms with Crippen LogP contribution in [0.1, 0.15) is 19.8 Å². The van der Waals surface area contributed by atoms with Crippen LogP contribution in [0.25, 0.3) is 0 Å². The van der Waals surface area contributed by atoms with E-state index in [0.717, 1.165) is 44.0 Å². The maximum absolute atomic E-state index is 9.68. The monoisotopic (exact) mass is 279 g/mol. The molecule has 20 heavy (non-hydrogen) atoms. The molecule has 1 aromatic rings. The van der Waals surface area contributed by atoms with Gasteiger partial charge >= 0.3 is 0 Å². The van der Waals surface area contributed by atoms with E-state index in [9.17, 15) is 5.11 Å². The summed E-state index contributed by atoms with van der Waals surface area (Å²) in [4.78, 5) is 2.38. The van der Waals surface area contributed by atoms with Gasteiger partial charge in [0, 0.05) is 19.2 Å². The Morgan fingerprint density at radius 2 is 2.20 bits per heavy atom. The minimum absolute atomic E-state index is 0.211. The Balaban J connectivity index is 1.75. The zero-order chi connectivity index (χ0) is 14.4. The molecule has 2 rings (SSSR count). The second kappa shape index (κ2) is 7.50. The molecular weight excluding hydrogens is 254 g/mol. The van der Waals surface area contributed by atoms with Crippen LogP contribution in [0.15, 0.2) is 24.3 Å². The molecule has 0 saturated carbocycles. The van der Waals surface area contributed by atoms with Gasteiger partial charge in [-0.15, -0.1) is 0 Å². The lowest BCUT2D eigenvalue weighted by Gasteiger charge is -2.33. The zero-order valence-electron chi connectivity index (χ0n) is 12.4. The van der Waals surface area contributed by atoms with Gasteiger partial charge in [0.2, 0.25) is 0 Å². The van der Waals surface area contributed by atoms with Crippen LogP contribution in [-0.2, 0) is 0 Å². The molecule has 1 N–H and O–H groups in total. The van der Waals surface area contributed by atoms with Crippen molar-refractivity contribution < 1.29 is 14.6 Å². The van der Waals surface area contributed by atoms with Gasteiger partial charge in [-0.05, 0) is 44.4 Å². The number of ether oxygens (including phenoxy) is 2. The van der Waals surface area contributed by atoms with Gasteiger partial charge < -0.3 is 14.6 Å². The predicted molar refractivity (Wildman–Crippen MR) is 79.3 cm³/mol. The molecular formula is C16H25NO3. The van der Waals surface area contributed by atoms with Crippen molar-refractivity contribution in [2.75, 3.05) is 33.4 Å². The van der Waals surface area contributed by atoms with Crippen LogP contribution in [0, 0.1) is 5.92 Å². The molecule has 0 amide bonds. The summed E-state index contributed by atoms with van der Waals surface area (Å²) in [6, 6.07) is 7.68. The molecule has 1 aromatic carbocycles. The average Bonchev–Trinajstić information content (AvgIpc) is 2.48. The zero-order valence-corrected chi connectivity index (χ0v) is 12.4. The summed E-state index contributed by atoms with van der Waals surface area (Å²) in [7, 11) is 1.66. The van der Waals surface area contributed by atoms with Crippen LogP contribution in [0.2, 0.25) is 0 Å². The molecule has 2 unspecified atom stereocenters. The Morgan fingerprint density at radius 3 is 2.95 bits per heavy atom. The van der Waals surface area contributed by atoms with Crippen LogP contribution >= 0.6 is 0 Å². The van der Waals surface area contributed by atoms with Crippen LogP contribution < -0.4 is 9.47 Å². The van der Waals surface area contributed by atoms with Crippen LogP contribution in [0.4, 0.5) is 0 Å². The molecule has 2 atom stereocenters. The number of methoxy groups -OCH3 is 1. The third-order valence-corrected chi connectivity index (χ3v) is 3.94. The maximum Gasteiger partial charge on any atom is 0.123 e. The highest BCUT2D eigenvalue weighted by Gasteiger charge is 2.23. The number of nitrogens with zero attached hydrogens (tertiary/aromatic N) is 1. The number of hydrogen-bond acceptors (Lipinski definition) is 4. The molecule has 1 aliphatic heterocycles. The molecule has 112 valence electrons. The first-order valence-electron chi connectivity index (χ1n) is 7.36. The maximum atomic E-state index is 9.68. The minimum atomic E-state index is -0.211.